The van der Waals surface area contributed by atoms with Gasteiger partial charge in [0, 0.05) is 12.4 Å². The summed E-state index contributed by atoms with van der Waals surface area (Å²) in [5, 5.41) is 3.87. The van der Waals surface area contributed by atoms with Crippen molar-refractivity contribution >= 4 is 26.7 Å². The van der Waals surface area contributed by atoms with Crippen LogP contribution in [0.4, 0.5) is 9.52 Å². The summed E-state index contributed by atoms with van der Waals surface area (Å²) in [6.07, 6.45) is 3.38. The van der Waals surface area contributed by atoms with Gasteiger partial charge in [-0.3, -0.25) is 0 Å². The molecule has 0 aliphatic rings. The van der Waals surface area contributed by atoms with Crippen LogP contribution in [0.5, 0.6) is 0 Å². The summed E-state index contributed by atoms with van der Waals surface area (Å²) >= 11 is 1.41. The molecule has 1 N–H and O–H groups in total. The van der Waals surface area contributed by atoms with Crippen molar-refractivity contribution in [2.75, 3.05) is 5.32 Å². The second kappa shape index (κ2) is 4.66. The van der Waals surface area contributed by atoms with Crippen LogP contribution >= 0.6 is 11.3 Å². The molecule has 3 rings (SSSR count). The zero-order chi connectivity index (χ0) is 12.4. The van der Waals surface area contributed by atoms with Gasteiger partial charge in [-0.15, -0.1) is 0 Å². The molecule has 2 aromatic heterocycles. The highest BCUT2D eigenvalue weighted by Crippen LogP contribution is 2.26. The fourth-order valence-corrected chi connectivity index (χ4v) is 2.44. The quantitative estimate of drug-likeness (QED) is 0.786. The molecule has 2 heterocycles. The zero-order valence-corrected chi connectivity index (χ0v) is 10.1. The lowest BCUT2D eigenvalue weighted by Gasteiger charge is -1.99. The number of hydrogen-bond donors (Lipinski definition) is 1. The van der Waals surface area contributed by atoms with Crippen LogP contribution in [0, 0.1) is 5.82 Å². The Kier molecular flexibility index (Phi) is 2.85. The minimum Gasteiger partial charge on any atom is -0.354 e. The van der Waals surface area contributed by atoms with E-state index < -0.39 is 0 Å². The fraction of sp³-hybridized carbons (Fsp3) is 0.0833. The van der Waals surface area contributed by atoms with Gasteiger partial charge in [0.2, 0.25) is 0 Å². The van der Waals surface area contributed by atoms with Crippen LogP contribution in [0.3, 0.4) is 0 Å². The molecular weight excluding hydrogens is 251 g/mol. The van der Waals surface area contributed by atoms with Gasteiger partial charge in [0.15, 0.2) is 5.13 Å². The molecule has 0 amide bonds. The number of anilines is 1. The molecule has 0 saturated carbocycles. The van der Waals surface area contributed by atoms with E-state index in [1.54, 1.807) is 24.5 Å². The largest absolute Gasteiger partial charge is 0.354 e. The van der Waals surface area contributed by atoms with Gasteiger partial charge in [0.25, 0.3) is 0 Å². The second-order valence-electron chi connectivity index (χ2n) is 3.65. The SMILES string of the molecule is Fc1ccc2nc(NCc3ncccn3)sc2c1. The number of nitrogens with zero attached hydrogens (tertiary/aromatic N) is 3. The number of thiazole rings is 1. The van der Waals surface area contributed by atoms with Crippen LogP contribution in [0.2, 0.25) is 0 Å². The number of rotatable bonds is 3. The molecule has 4 nitrogen and oxygen atoms in total. The molecule has 0 aliphatic heterocycles. The minimum atomic E-state index is -0.246. The lowest BCUT2D eigenvalue weighted by Crippen LogP contribution is -2.02. The monoisotopic (exact) mass is 260 g/mol. The maximum absolute atomic E-state index is 13.0. The molecule has 18 heavy (non-hydrogen) atoms. The minimum absolute atomic E-state index is 0.246. The molecular formula is C12H9FN4S. The van der Waals surface area contributed by atoms with Crippen LogP contribution in [0.1, 0.15) is 5.82 Å². The average Bonchev–Trinajstić information content (AvgIpc) is 2.79. The highest BCUT2D eigenvalue weighted by atomic mass is 32.1. The maximum atomic E-state index is 13.0. The van der Waals surface area contributed by atoms with E-state index in [1.165, 1.54) is 23.5 Å². The van der Waals surface area contributed by atoms with Gasteiger partial charge in [0.1, 0.15) is 11.6 Å². The van der Waals surface area contributed by atoms with Crippen LogP contribution in [0.25, 0.3) is 10.2 Å². The average molecular weight is 260 g/mol. The third-order valence-corrected chi connectivity index (χ3v) is 3.34. The smallest absolute Gasteiger partial charge is 0.184 e. The fourth-order valence-electron chi connectivity index (χ4n) is 1.55. The Morgan fingerprint density at radius 3 is 2.89 bits per heavy atom. The van der Waals surface area contributed by atoms with Gasteiger partial charge in [-0.05, 0) is 24.3 Å². The maximum Gasteiger partial charge on any atom is 0.184 e. The Morgan fingerprint density at radius 1 is 1.22 bits per heavy atom. The standard InChI is InChI=1S/C12H9FN4S/c13-8-2-3-9-10(6-8)18-12(17-9)16-7-11-14-4-1-5-15-11/h1-6H,7H2,(H,16,17). The van der Waals surface area contributed by atoms with Gasteiger partial charge in [-0.25, -0.2) is 19.3 Å². The number of halogens is 1. The molecule has 6 heteroatoms. The summed E-state index contributed by atoms with van der Waals surface area (Å²) in [5.74, 6) is 0.451. The number of fused-ring (bicyclic) bond motifs is 1. The van der Waals surface area contributed by atoms with Gasteiger partial charge in [-0.2, -0.15) is 0 Å². The molecule has 3 aromatic rings. The number of nitrogens with one attached hydrogen (secondary N) is 1. The van der Waals surface area contributed by atoms with Crippen molar-refractivity contribution in [3.8, 4) is 0 Å². The Bertz CT molecular complexity index is 668. The predicted molar refractivity (Wildman–Crippen MR) is 68.9 cm³/mol. The van der Waals surface area contributed by atoms with Crippen LogP contribution in [-0.4, -0.2) is 15.0 Å². The molecule has 0 spiro atoms. The van der Waals surface area contributed by atoms with E-state index in [-0.39, 0.29) is 5.82 Å². The van der Waals surface area contributed by atoms with Crippen LogP contribution in [-0.2, 0) is 6.54 Å². The Balaban J connectivity index is 1.79. The van der Waals surface area contributed by atoms with Crippen molar-refractivity contribution in [3.63, 3.8) is 0 Å². The van der Waals surface area contributed by atoms with E-state index in [4.69, 9.17) is 0 Å². The summed E-state index contributed by atoms with van der Waals surface area (Å²) in [4.78, 5) is 12.6. The molecule has 0 fully saturated rings. The predicted octanol–water partition coefficient (Wildman–Crippen LogP) is 2.84. The van der Waals surface area contributed by atoms with E-state index in [0.717, 1.165) is 15.3 Å². The number of hydrogen-bond acceptors (Lipinski definition) is 5. The van der Waals surface area contributed by atoms with E-state index in [0.29, 0.717) is 12.4 Å². The normalized spacial score (nSPS) is 10.7. The Hall–Kier alpha value is -2.08. The van der Waals surface area contributed by atoms with Gasteiger partial charge in [0.05, 0.1) is 16.8 Å². The second-order valence-corrected chi connectivity index (χ2v) is 4.68. The molecule has 0 aliphatic carbocycles. The highest BCUT2D eigenvalue weighted by Gasteiger charge is 2.04. The van der Waals surface area contributed by atoms with E-state index in [9.17, 15) is 4.39 Å². The lowest BCUT2D eigenvalue weighted by atomic mass is 10.3. The van der Waals surface area contributed by atoms with Crippen molar-refractivity contribution in [1.29, 1.82) is 0 Å². The third kappa shape index (κ3) is 2.28. The van der Waals surface area contributed by atoms with E-state index in [2.05, 4.69) is 20.3 Å². The lowest BCUT2D eigenvalue weighted by molar-refractivity contribution is 0.630. The molecule has 0 unspecified atom stereocenters. The van der Waals surface area contributed by atoms with Crippen molar-refractivity contribution in [3.05, 3.63) is 48.3 Å². The third-order valence-electron chi connectivity index (χ3n) is 2.37. The number of aromatic nitrogens is 3. The first-order valence-electron chi connectivity index (χ1n) is 5.37. The van der Waals surface area contributed by atoms with Crippen molar-refractivity contribution in [1.82, 2.24) is 15.0 Å². The summed E-state index contributed by atoms with van der Waals surface area (Å²) in [6, 6.07) is 6.33. The van der Waals surface area contributed by atoms with Crippen LogP contribution in [0.15, 0.2) is 36.7 Å². The van der Waals surface area contributed by atoms with E-state index >= 15 is 0 Å². The molecule has 1 aromatic carbocycles. The topological polar surface area (TPSA) is 50.7 Å². The van der Waals surface area contributed by atoms with Gasteiger partial charge < -0.3 is 5.32 Å². The summed E-state index contributed by atoms with van der Waals surface area (Å²) in [5.41, 5.74) is 0.790. The van der Waals surface area contributed by atoms with Gasteiger partial charge in [-0.1, -0.05) is 11.3 Å². The van der Waals surface area contributed by atoms with Crippen molar-refractivity contribution < 1.29 is 4.39 Å². The summed E-state index contributed by atoms with van der Waals surface area (Å²) < 4.78 is 13.9. The first-order valence-corrected chi connectivity index (χ1v) is 6.19. The summed E-state index contributed by atoms with van der Waals surface area (Å²) in [7, 11) is 0. The van der Waals surface area contributed by atoms with E-state index in [1.807, 2.05) is 0 Å². The first-order chi connectivity index (χ1) is 8.81. The highest BCUT2D eigenvalue weighted by molar-refractivity contribution is 7.22. The molecule has 0 atom stereocenters. The molecule has 90 valence electrons. The zero-order valence-electron chi connectivity index (χ0n) is 9.30. The van der Waals surface area contributed by atoms with Gasteiger partial charge >= 0.3 is 0 Å². The van der Waals surface area contributed by atoms with Crippen molar-refractivity contribution in [2.45, 2.75) is 6.54 Å². The molecule has 0 saturated heterocycles. The van der Waals surface area contributed by atoms with Crippen LogP contribution < -0.4 is 5.32 Å². The first kappa shape index (κ1) is 11.0. The Morgan fingerprint density at radius 2 is 2.06 bits per heavy atom. The molecule has 0 bridgehead atoms. The van der Waals surface area contributed by atoms with Crippen molar-refractivity contribution in [2.24, 2.45) is 0 Å². The summed E-state index contributed by atoms with van der Waals surface area (Å²) in [6.45, 7) is 0.503. The molecule has 0 radical (unpaired) electrons. The Labute approximate surface area is 107 Å². The number of benzene rings is 1.